The Morgan fingerprint density at radius 2 is 1.87 bits per heavy atom. The van der Waals surface area contributed by atoms with Gasteiger partial charge in [-0.3, -0.25) is 4.79 Å². The van der Waals surface area contributed by atoms with Crippen LogP contribution >= 0.6 is 0 Å². The molecule has 3 aliphatic rings. The minimum absolute atomic E-state index is 0.0850. The van der Waals surface area contributed by atoms with E-state index in [2.05, 4.69) is 25.1 Å². The van der Waals surface area contributed by atoms with E-state index in [0.29, 0.717) is 12.3 Å². The molecule has 2 aliphatic heterocycles. The van der Waals surface area contributed by atoms with Crippen LogP contribution in [0.5, 0.6) is 5.75 Å². The van der Waals surface area contributed by atoms with Crippen molar-refractivity contribution in [1.82, 2.24) is 4.90 Å². The molecule has 0 unspecified atom stereocenters. The number of ether oxygens (including phenoxy) is 2. The average Bonchev–Trinajstić information content (AvgIpc) is 3.31. The summed E-state index contributed by atoms with van der Waals surface area (Å²) in [6.45, 7) is 3.06. The molecule has 156 valence electrons. The fraction of sp³-hybridized carbons (Fsp3) is 0.440. The first-order valence-electron chi connectivity index (χ1n) is 10.8. The third kappa shape index (κ3) is 3.26. The Balaban J connectivity index is 1.25. The van der Waals surface area contributed by atoms with Gasteiger partial charge in [-0.15, -0.1) is 0 Å². The summed E-state index contributed by atoms with van der Waals surface area (Å²) >= 11 is 0. The summed E-state index contributed by atoms with van der Waals surface area (Å²) in [6.07, 6.45) is 3.87. The van der Waals surface area contributed by atoms with Gasteiger partial charge in [0.05, 0.1) is 6.61 Å². The largest absolute Gasteiger partial charge is 0.492 e. The highest BCUT2D eigenvalue weighted by Gasteiger charge is 2.45. The Morgan fingerprint density at radius 3 is 2.63 bits per heavy atom. The molecule has 1 aliphatic carbocycles. The predicted octanol–water partition coefficient (Wildman–Crippen LogP) is 4.93. The molecule has 2 amide bonds. The van der Waals surface area contributed by atoms with E-state index in [9.17, 15) is 9.59 Å². The number of cyclic esters (lactones) is 1. The SMILES string of the molecule is Cc1ccc2c(c1)OCC21CCC(CC(=O)N2C(=O)OC[C@@H]2c2ccccc2)CC1. The number of carbonyl (C=O) groups is 2. The van der Waals surface area contributed by atoms with E-state index >= 15 is 0 Å². The van der Waals surface area contributed by atoms with Gasteiger partial charge in [-0.05, 0) is 55.7 Å². The fourth-order valence-electron chi connectivity index (χ4n) is 5.29. The molecule has 0 bridgehead atoms. The van der Waals surface area contributed by atoms with Crippen LogP contribution in [0.1, 0.15) is 54.8 Å². The minimum Gasteiger partial charge on any atom is -0.492 e. The van der Waals surface area contributed by atoms with E-state index in [4.69, 9.17) is 9.47 Å². The molecule has 0 radical (unpaired) electrons. The molecule has 1 spiro atoms. The summed E-state index contributed by atoms with van der Waals surface area (Å²) in [7, 11) is 0. The first kappa shape index (κ1) is 19.2. The molecule has 2 heterocycles. The van der Waals surface area contributed by atoms with Crippen LogP contribution in [-0.2, 0) is 14.9 Å². The molecule has 5 heteroatoms. The molecular weight excluding hydrogens is 378 g/mol. The maximum absolute atomic E-state index is 13.1. The number of hydrogen-bond acceptors (Lipinski definition) is 4. The smallest absolute Gasteiger partial charge is 0.417 e. The first-order valence-corrected chi connectivity index (χ1v) is 10.8. The standard InChI is InChI=1S/C25H27NO4/c1-17-7-8-20-22(13-17)30-16-25(20)11-9-18(10-12-25)14-23(27)26-21(15-29-24(26)28)19-5-3-2-4-6-19/h2-8,13,18,21H,9-12,14-16H2,1H3/t18?,21-,25?/m1/s1. The molecule has 2 aromatic rings. The first-order chi connectivity index (χ1) is 14.6. The van der Waals surface area contributed by atoms with Crippen molar-refractivity contribution in [3.05, 3.63) is 65.2 Å². The lowest BCUT2D eigenvalue weighted by atomic mass is 9.67. The van der Waals surface area contributed by atoms with Crippen molar-refractivity contribution in [2.75, 3.05) is 13.2 Å². The van der Waals surface area contributed by atoms with Gasteiger partial charge < -0.3 is 9.47 Å². The summed E-state index contributed by atoms with van der Waals surface area (Å²) in [5.41, 5.74) is 3.57. The number of nitrogens with zero attached hydrogens (tertiary/aromatic N) is 1. The van der Waals surface area contributed by atoms with Gasteiger partial charge in [0.25, 0.3) is 0 Å². The van der Waals surface area contributed by atoms with Gasteiger partial charge >= 0.3 is 6.09 Å². The van der Waals surface area contributed by atoms with Crippen LogP contribution in [0.3, 0.4) is 0 Å². The molecule has 2 aromatic carbocycles. The monoisotopic (exact) mass is 405 g/mol. The molecule has 5 nitrogen and oxygen atoms in total. The molecule has 0 N–H and O–H groups in total. The van der Waals surface area contributed by atoms with Crippen molar-refractivity contribution in [2.45, 2.75) is 50.5 Å². The van der Waals surface area contributed by atoms with E-state index in [0.717, 1.165) is 43.6 Å². The van der Waals surface area contributed by atoms with Gasteiger partial charge in [0.15, 0.2) is 0 Å². The summed E-state index contributed by atoms with van der Waals surface area (Å²) in [6, 6.07) is 15.8. The van der Waals surface area contributed by atoms with Crippen LogP contribution < -0.4 is 4.74 Å². The molecule has 1 saturated carbocycles. The van der Waals surface area contributed by atoms with Crippen LogP contribution in [0.4, 0.5) is 4.79 Å². The Hall–Kier alpha value is -2.82. The Kier molecular flexibility index (Phi) is 4.76. The minimum atomic E-state index is -0.519. The second kappa shape index (κ2) is 7.46. The van der Waals surface area contributed by atoms with Gasteiger partial charge in [-0.1, -0.05) is 42.5 Å². The summed E-state index contributed by atoms with van der Waals surface area (Å²) in [4.78, 5) is 26.7. The predicted molar refractivity (Wildman–Crippen MR) is 112 cm³/mol. The zero-order valence-electron chi connectivity index (χ0n) is 17.3. The van der Waals surface area contributed by atoms with Crippen molar-refractivity contribution in [3.63, 3.8) is 0 Å². The van der Waals surface area contributed by atoms with Crippen LogP contribution in [0.15, 0.2) is 48.5 Å². The zero-order chi connectivity index (χ0) is 20.7. The van der Waals surface area contributed by atoms with Crippen molar-refractivity contribution in [1.29, 1.82) is 0 Å². The molecule has 5 rings (SSSR count). The van der Waals surface area contributed by atoms with Gasteiger partial charge in [0.2, 0.25) is 5.91 Å². The highest BCUT2D eigenvalue weighted by molar-refractivity contribution is 5.93. The molecule has 1 atom stereocenters. The molecular formula is C25H27NO4. The second-order valence-corrected chi connectivity index (χ2v) is 8.98. The summed E-state index contributed by atoms with van der Waals surface area (Å²) < 4.78 is 11.2. The van der Waals surface area contributed by atoms with Gasteiger partial charge in [0.1, 0.15) is 18.4 Å². The maximum Gasteiger partial charge on any atom is 0.417 e. The second-order valence-electron chi connectivity index (χ2n) is 8.98. The lowest BCUT2D eigenvalue weighted by Gasteiger charge is -2.36. The van der Waals surface area contributed by atoms with Crippen molar-refractivity contribution >= 4 is 12.0 Å². The third-order valence-electron chi connectivity index (χ3n) is 7.06. The highest BCUT2D eigenvalue weighted by Crippen LogP contribution is 2.49. The molecule has 2 fully saturated rings. The van der Waals surface area contributed by atoms with Crippen LogP contribution in [0.2, 0.25) is 0 Å². The van der Waals surface area contributed by atoms with E-state index < -0.39 is 6.09 Å². The normalized spacial score (nSPS) is 27.6. The van der Waals surface area contributed by atoms with E-state index in [1.165, 1.54) is 16.0 Å². The number of benzene rings is 2. The highest BCUT2D eigenvalue weighted by atomic mass is 16.6. The number of amides is 2. The van der Waals surface area contributed by atoms with E-state index in [1.807, 2.05) is 30.3 Å². The quantitative estimate of drug-likeness (QED) is 0.727. The Morgan fingerprint density at radius 1 is 1.10 bits per heavy atom. The third-order valence-corrected chi connectivity index (χ3v) is 7.06. The topological polar surface area (TPSA) is 55.8 Å². The zero-order valence-corrected chi connectivity index (χ0v) is 17.3. The van der Waals surface area contributed by atoms with Gasteiger partial charge in [0, 0.05) is 17.4 Å². The van der Waals surface area contributed by atoms with Crippen LogP contribution in [-0.4, -0.2) is 30.1 Å². The molecule has 1 saturated heterocycles. The van der Waals surface area contributed by atoms with Crippen molar-refractivity contribution in [3.8, 4) is 5.75 Å². The number of carbonyl (C=O) groups excluding carboxylic acids is 2. The average molecular weight is 405 g/mol. The molecule has 0 aromatic heterocycles. The van der Waals surface area contributed by atoms with Gasteiger partial charge in [-0.25, -0.2) is 9.69 Å². The number of imide groups is 1. The summed E-state index contributed by atoms with van der Waals surface area (Å²) in [5, 5.41) is 0. The Labute approximate surface area is 177 Å². The van der Waals surface area contributed by atoms with Crippen LogP contribution in [0, 0.1) is 12.8 Å². The van der Waals surface area contributed by atoms with Crippen LogP contribution in [0.25, 0.3) is 0 Å². The Bertz CT molecular complexity index is 962. The number of fused-ring (bicyclic) bond motifs is 2. The maximum atomic E-state index is 13.1. The van der Waals surface area contributed by atoms with Crippen molar-refractivity contribution < 1.29 is 19.1 Å². The van der Waals surface area contributed by atoms with E-state index in [-0.39, 0.29) is 24.0 Å². The number of hydrogen-bond donors (Lipinski definition) is 0. The number of aryl methyl sites for hydroxylation is 1. The summed E-state index contributed by atoms with van der Waals surface area (Å²) in [5.74, 6) is 1.20. The lowest BCUT2D eigenvalue weighted by molar-refractivity contribution is -0.130. The fourth-order valence-corrected chi connectivity index (χ4v) is 5.29. The lowest BCUT2D eigenvalue weighted by Crippen LogP contribution is -2.38. The number of rotatable bonds is 3. The van der Waals surface area contributed by atoms with Crippen molar-refractivity contribution in [2.24, 2.45) is 5.92 Å². The van der Waals surface area contributed by atoms with Gasteiger partial charge in [-0.2, -0.15) is 0 Å². The molecule has 30 heavy (non-hydrogen) atoms. The van der Waals surface area contributed by atoms with E-state index in [1.54, 1.807) is 0 Å².